The predicted molar refractivity (Wildman–Crippen MR) is 73.6 cm³/mol. The summed E-state index contributed by atoms with van der Waals surface area (Å²) < 4.78 is 10.6. The van der Waals surface area contributed by atoms with Crippen LogP contribution in [0.4, 0.5) is 0 Å². The second-order valence-corrected chi connectivity index (χ2v) is 5.03. The summed E-state index contributed by atoms with van der Waals surface area (Å²) in [5.74, 6) is 1.46. The molecule has 0 spiro atoms. The van der Waals surface area contributed by atoms with E-state index in [1.165, 1.54) is 6.42 Å². The summed E-state index contributed by atoms with van der Waals surface area (Å²) in [5.41, 5.74) is 1.77. The molecule has 104 valence electrons. The second-order valence-electron chi connectivity index (χ2n) is 5.03. The Morgan fingerprint density at radius 3 is 2.95 bits per heavy atom. The number of aldehydes is 1. The molecule has 1 atom stereocenters. The fourth-order valence-electron chi connectivity index (χ4n) is 2.66. The maximum absolute atomic E-state index is 10.9. The van der Waals surface area contributed by atoms with Gasteiger partial charge in [-0.2, -0.15) is 0 Å². The number of methoxy groups -OCH3 is 2. The lowest BCUT2D eigenvalue weighted by atomic mass is 10.1. The molecule has 1 aliphatic heterocycles. The van der Waals surface area contributed by atoms with Crippen LogP contribution in [0.15, 0.2) is 18.2 Å². The van der Waals surface area contributed by atoms with E-state index in [0.29, 0.717) is 11.5 Å². The first kappa shape index (κ1) is 14.0. The summed E-state index contributed by atoms with van der Waals surface area (Å²) in [6.45, 7) is 3.76. The zero-order valence-electron chi connectivity index (χ0n) is 11.6. The molecule has 0 saturated carbocycles. The quantitative estimate of drug-likeness (QED) is 0.736. The number of hydrogen-bond acceptors (Lipinski definition) is 4. The van der Waals surface area contributed by atoms with Gasteiger partial charge in [0.05, 0.1) is 13.7 Å². The number of nitrogens with zero attached hydrogens (tertiary/aromatic N) is 1. The van der Waals surface area contributed by atoms with Crippen molar-refractivity contribution in [1.29, 1.82) is 0 Å². The molecule has 2 rings (SSSR count). The number of carbonyl (C=O) groups excluding carboxylic acids is 1. The first-order valence-electron chi connectivity index (χ1n) is 6.60. The highest BCUT2D eigenvalue weighted by atomic mass is 16.5. The molecule has 19 heavy (non-hydrogen) atoms. The van der Waals surface area contributed by atoms with Gasteiger partial charge in [-0.25, -0.2) is 0 Å². The number of likely N-dealkylation sites (tertiary alicyclic amines) is 1. The molecule has 0 bridgehead atoms. The fourth-order valence-corrected chi connectivity index (χ4v) is 2.66. The maximum Gasteiger partial charge on any atom is 0.150 e. The molecule has 4 nitrogen and oxygen atoms in total. The number of benzene rings is 1. The molecule has 1 unspecified atom stereocenters. The van der Waals surface area contributed by atoms with E-state index in [1.807, 2.05) is 12.1 Å². The minimum Gasteiger partial charge on any atom is -0.496 e. The Hall–Kier alpha value is -1.39. The van der Waals surface area contributed by atoms with Crippen LogP contribution in [0.3, 0.4) is 0 Å². The zero-order valence-corrected chi connectivity index (χ0v) is 11.6. The van der Waals surface area contributed by atoms with Gasteiger partial charge in [-0.05, 0) is 37.1 Å². The van der Waals surface area contributed by atoms with E-state index < -0.39 is 0 Å². The fraction of sp³-hybridized carbons (Fsp3) is 0.533. The average molecular weight is 263 g/mol. The van der Waals surface area contributed by atoms with Crippen LogP contribution >= 0.6 is 0 Å². The molecular formula is C15H21NO3. The van der Waals surface area contributed by atoms with Crippen molar-refractivity contribution in [2.24, 2.45) is 5.92 Å². The summed E-state index contributed by atoms with van der Waals surface area (Å²) in [6, 6.07) is 5.56. The zero-order chi connectivity index (χ0) is 13.7. The smallest absolute Gasteiger partial charge is 0.150 e. The van der Waals surface area contributed by atoms with Gasteiger partial charge in [-0.3, -0.25) is 9.69 Å². The Kier molecular flexibility index (Phi) is 4.93. The van der Waals surface area contributed by atoms with E-state index in [1.54, 1.807) is 20.3 Å². The molecule has 0 aliphatic carbocycles. The van der Waals surface area contributed by atoms with Gasteiger partial charge in [-0.1, -0.05) is 0 Å². The Morgan fingerprint density at radius 1 is 1.42 bits per heavy atom. The summed E-state index contributed by atoms with van der Waals surface area (Å²) in [7, 11) is 3.41. The Balaban J connectivity index is 2.04. The molecule has 0 amide bonds. The van der Waals surface area contributed by atoms with Crippen molar-refractivity contribution in [3.05, 3.63) is 29.3 Å². The molecular weight excluding hydrogens is 242 g/mol. The minimum absolute atomic E-state index is 0.616. The molecule has 1 aromatic carbocycles. The SMILES string of the molecule is COCC1CCN(Cc2cc(C=O)ccc2OC)C1. The molecule has 0 radical (unpaired) electrons. The van der Waals surface area contributed by atoms with Crippen molar-refractivity contribution in [3.8, 4) is 5.75 Å². The van der Waals surface area contributed by atoms with Crippen molar-refractivity contribution in [2.45, 2.75) is 13.0 Å². The summed E-state index contributed by atoms with van der Waals surface area (Å²) >= 11 is 0. The summed E-state index contributed by atoms with van der Waals surface area (Å²) in [4.78, 5) is 13.2. The standard InChI is InChI=1S/C15H21NO3/c1-18-11-13-5-6-16(8-13)9-14-7-12(10-17)3-4-15(14)19-2/h3-4,7,10,13H,5-6,8-9,11H2,1-2H3. The average Bonchev–Trinajstić information content (AvgIpc) is 2.86. The molecule has 0 N–H and O–H groups in total. The lowest BCUT2D eigenvalue weighted by Gasteiger charge is -2.18. The van der Waals surface area contributed by atoms with Crippen molar-refractivity contribution in [1.82, 2.24) is 4.90 Å². The normalized spacial score (nSPS) is 19.6. The lowest BCUT2D eigenvalue weighted by molar-refractivity contribution is 0.112. The number of carbonyl (C=O) groups is 1. The third kappa shape index (κ3) is 3.55. The van der Waals surface area contributed by atoms with Crippen molar-refractivity contribution >= 4 is 6.29 Å². The highest BCUT2D eigenvalue weighted by Gasteiger charge is 2.23. The third-order valence-electron chi connectivity index (χ3n) is 3.61. The van der Waals surface area contributed by atoms with Gasteiger partial charge in [0.15, 0.2) is 0 Å². The van der Waals surface area contributed by atoms with Crippen LogP contribution in [-0.4, -0.2) is 45.1 Å². The van der Waals surface area contributed by atoms with E-state index in [4.69, 9.17) is 9.47 Å². The van der Waals surface area contributed by atoms with Gasteiger partial charge in [0.25, 0.3) is 0 Å². The Labute approximate surface area is 114 Å². The van der Waals surface area contributed by atoms with E-state index in [2.05, 4.69) is 4.90 Å². The van der Waals surface area contributed by atoms with Gasteiger partial charge in [0.2, 0.25) is 0 Å². The van der Waals surface area contributed by atoms with Gasteiger partial charge in [0, 0.05) is 31.3 Å². The van der Waals surface area contributed by atoms with Crippen molar-refractivity contribution in [3.63, 3.8) is 0 Å². The van der Waals surface area contributed by atoms with E-state index >= 15 is 0 Å². The van der Waals surface area contributed by atoms with Crippen LogP contribution in [0.25, 0.3) is 0 Å². The first-order valence-corrected chi connectivity index (χ1v) is 6.60. The molecule has 1 saturated heterocycles. The molecule has 1 fully saturated rings. The van der Waals surface area contributed by atoms with Crippen LogP contribution in [0, 0.1) is 5.92 Å². The van der Waals surface area contributed by atoms with Crippen LogP contribution < -0.4 is 4.74 Å². The summed E-state index contributed by atoms with van der Waals surface area (Å²) in [6.07, 6.45) is 2.05. The van der Waals surface area contributed by atoms with Crippen LogP contribution in [0.5, 0.6) is 5.75 Å². The lowest BCUT2D eigenvalue weighted by Crippen LogP contribution is -2.21. The van der Waals surface area contributed by atoms with E-state index in [-0.39, 0.29) is 0 Å². The highest BCUT2D eigenvalue weighted by molar-refractivity contribution is 5.75. The summed E-state index contributed by atoms with van der Waals surface area (Å²) in [5, 5.41) is 0. The topological polar surface area (TPSA) is 38.8 Å². The Morgan fingerprint density at radius 2 is 2.26 bits per heavy atom. The minimum atomic E-state index is 0.616. The van der Waals surface area contributed by atoms with Crippen molar-refractivity contribution < 1.29 is 14.3 Å². The van der Waals surface area contributed by atoms with Gasteiger partial charge >= 0.3 is 0 Å². The Bertz CT molecular complexity index is 433. The van der Waals surface area contributed by atoms with Crippen molar-refractivity contribution in [2.75, 3.05) is 33.9 Å². The van der Waals surface area contributed by atoms with E-state index in [9.17, 15) is 4.79 Å². The number of hydrogen-bond donors (Lipinski definition) is 0. The second kappa shape index (κ2) is 6.68. The van der Waals surface area contributed by atoms with Gasteiger partial charge in [0.1, 0.15) is 12.0 Å². The largest absolute Gasteiger partial charge is 0.496 e. The van der Waals surface area contributed by atoms with Gasteiger partial charge in [-0.15, -0.1) is 0 Å². The first-order chi connectivity index (χ1) is 9.26. The maximum atomic E-state index is 10.9. The number of rotatable bonds is 6. The van der Waals surface area contributed by atoms with Gasteiger partial charge < -0.3 is 9.47 Å². The monoisotopic (exact) mass is 263 g/mol. The van der Waals surface area contributed by atoms with E-state index in [0.717, 1.165) is 43.8 Å². The molecule has 0 aromatic heterocycles. The predicted octanol–water partition coefficient (Wildman–Crippen LogP) is 1.98. The van der Waals surface area contributed by atoms with Crippen LogP contribution in [0.2, 0.25) is 0 Å². The van der Waals surface area contributed by atoms with Crippen LogP contribution in [-0.2, 0) is 11.3 Å². The number of ether oxygens (including phenoxy) is 2. The third-order valence-corrected chi connectivity index (χ3v) is 3.61. The molecule has 1 aromatic rings. The highest BCUT2D eigenvalue weighted by Crippen LogP contribution is 2.24. The van der Waals surface area contributed by atoms with Crippen LogP contribution in [0.1, 0.15) is 22.3 Å². The molecule has 1 aliphatic rings. The molecule has 4 heteroatoms. The molecule has 1 heterocycles.